The summed E-state index contributed by atoms with van der Waals surface area (Å²) >= 11 is 0. The molecule has 0 aliphatic carbocycles. The van der Waals surface area contributed by atoms with Crippen LogP contribution in [-0.2, 0) is 33.3 Å². The second-order valence-electron chi connectivity index (χ2n) is 13.8. The zero-order valence-electron chi connectivity index (χ0n) is 28.4. The number of aromatic amines is 1. The molecule has 1 fully saturated rings. The van der Waals surface area contributed by atoms with Gasteiger partial charge in [-0.2, -0.15) is 0 Å². The van der Waals surface area contributed by atoms with Crippen LogP contribution < -0.4 is 21.9 Å². The van der Waals surface area contributed by atoms with Gasteiger partial charge in [-0.25, -0.2) is 14.4 Å². The van der Waals surface area contributed by atoms with Crippen molar-refractivity contribution >= 4 is 23.9 Å². The number of hydrogen-bond acceptors (Lipinski definition) is 11. The Morgan fingerprint density at radius 3 is 2.30 bits per heavy atom. The predicted octanol–water partition coefficient (Wildman–Crippen LogP) is 2.90. The molecule has 5 atom stereocenters. The van der Waals surface area contributed by atoms with Gasteiger partial charge in [-0.1, -0.05) is 19.0 Å². The van der Waals surface area contributed by atoms with Crippen molar-refractivity contribution in [1.82, 2.24) is 20.2 Å². The molecule has 1 saturated heterocycles. The average molecular weight is 666 g/mol. The molecule has 1 aromatic heterocycles. The van der Waals surface area contributed by atoms with Gasteiger partial charge < -0.3 is 29.6 Å². The fraction of sp³-hybridized carbons (Fsp3) is 0.733. The first-order chi connectivity index (χ1) is 21.7. The zero-order chi connectivity index (χ0) is 35.7. The van der Waals surface area contributed by atoms with Crippen LogP contribution in [0, 0.1) is 12.8 Å². The number of carbonyl (C=O) groups excluding carboxylic acids is 4. The quantitative estimate of drug-likeness (QED) is 0.0916. The summed E-state index contributed by atoms with van der Waals surface area (Å²) in [6.07, 6.45) is -1.46. The Kier molecular flexibility index (Phi) is 13.6. The number of esters is 2. The molecular formula is C30H47N7O10. The van der Waals surface area contributed by atoms with Gasteiger partial charge in [-0.3, -0.25) is 23.9 Å². The van der Waals surface area contributed by atoms with Crippen LogP contribution in [-0.4, -0.2) is 75.5 Å². The number of H-pyrrole nitrogens is 1. The number of amides is 2. The number of azide groups is 1. The smallest absolute Gasteiger partial charge is 0.408 e. The number of rotatable bonds is 13. The highest BCUT2D eigenvalue weighted by atomic mass is 16.6. The van der Waals surface area contributed by atoms with Crippen molar-refractivity contribution < 1.29 is 38.1 Å². The summed E-state index contributed by atoms with van der Waals surface area (Å²) < 4.78 is 23.1. The Hall–Kier alpha value is -4.37. The third-order valence-corrected chi connectivity index (χ3v) is 6.63. The van der Waals surface area contributed by atoms with Gasteiger partial charge in [-0.15, -0.1) is 0 Å². The van der Waals surface area contributed by atoms with Crippen LogP contribution in [0.15, 0.2) is 20.9 Å². The standard InChI is InChI=1S/C30H47N7O10/c1-16(2)12-20(33-28(43)47-30(7,8)9)25(40)32-18(26(41)46-29(4,5)6)10-11-23(38)44-15-21-19(35-36-31)13-22(45-21)37-14-17(3)24(39)34-27(37)42/h14,16,18-22H,10-13,15H2,1-9H3,(H,32,40)(H,33,43)(H,34,39,42)/t18?,19?,20?,21?,22-/m1/s1. The molecule has 0 aromatic carbocycles. The van der Waals surface area contributed by atoms with E-state index in [-0.39, 0.29) is 43.8 Å². The van der Waals surface area contributed by atoms with E-state index in [0.29, 0.717) is 0 Å². The van der Waals surface area contributed by atoms with Gasteiger partial charge in [0.05, 0.1) is 6.04 Å². The van der Waals surface area contributed by atoms with Crippen molar-refractivity contribution in [2.75, 3.05) is 6.61 Å². The summed E-state index contributed by atoms with van der Waals surface area (Å²) in [7, 11) is 0. The highest BCUT2D eigenvalue weighted by Gasteiger charge is 2.37. The molecule has 0 spiro atoms. The number of aryl methyl sites for hydroxylation is 1. The van der Waals surface area contributed by atoms with Crippen molar-refractivity contribution in [1.29, 1.82) is 0 Å². The molecule has 262 valence electrons. The van der Waals surface area contributed by atoms with Gasteiger partial charge in [0.1, 0.15) is 42.2 Å². The fourth-order valence-corrected chi connectivity index (χ4v) is 4.58. The number of hydrogen-bond donors (Lipinski definition) is 3. The van der Waals surface area contributed by atoms with Crippen molar-refractivity contribution in [2.45, 2.75) is 130 Å². The number of alkyl carbamates (subject to hydrolysis) is 1. The van der Waals surface area contributed by atoms with Crippen LogP contribution >= 0.6 is 0 Å². The second-order valence-corrected chi connectivity index (χ2v) is 13.8. The lowest BCUT2D eigenvalue weighted by molar-refractivity contribution is -0.159. The maximum atomic E-state index is 13.3. The van der Waals surface area contributed by atoms with Crippen molar-refractivity contribution in [3.63, 3.8) is 0 Å². The van der Waals surface area contributed by atoms with Crippen molar-refractivity contribution in [3.8, 4) is 0 Å². The molecule has 1 aliphatic rings. The Bertz CT molecular complexity index is 1450. The summed E-state index contributed by atoms with van der Waals surface area (Å²) in [5.41, 5.74) is 6.34. The van der Waals surface area contributed by atoms with E-state index in [1.807, 2.05) is 13.8 Å². The lowest BCUT2D eigenvalue weighted by Gasteiger charge is -2.27. The molecule has 3 N–H and O–H groups in total. The molecule has 0 bridgehead atoms. The second kappa shape index (κ2) is 16.5. The van der Waals surface area contributed by atoms with Crippen LogP contribution in [0.25, 0.3) is 10.4 Å². The fourth-order valence-electron chi connectivity index (χ4n) is 4.58. The first-order valence-electron chi connectivity index (χ1n) is 15.4. The zero-order valence-corrected chi connectivity index (χ0v) is 28.4. The van der Waals surface area contributed by atoms with Gasteiger partial charge in [0.15, 0.2) is 0 Å². The molecule has 4 unspecified atom stereocenters. The highest BCUT2D eigenvalue weighted by molar-refractivity contribution is 5.90. The molecule has 2 amide bonds. The summed E-state index contributed by atoms with van der Waals surface area (Å²) in [5, 5.41) is 8.85. The predicted molar refractivity (Wildman–Crippen MR) is 168 cm³/mol. The maximum Gasteiger partial charge on any atom is 0.408 e. The van der Waals surface area contributed by atoms with Crippen LogP contribution in [0.5, 0.6) is 0 Å². The van der Waals surface area contributed by atoms with Gasteiger partial charge in [0, 0.05) is 29.5 Å². The van der Waals surface area contributed by atoms with Crippen molar-refractivity contribution in [3.05, 3.63) is 43.0 Å². The number of carbonyl (C=O) groups is 4. The molecule has 17 nitrogen and oxygen atoms in total. The van der Waals surface area contributed by atoms with Gasteiger partial charge >= 0.3 is 23.7 Å². The van der Waals surface area contributed by atoms with E-state index in [1.165, 1.54) is 13.1 Å². The molecule has 0 saturated carbocycles. The number of aromatic nitrogens is 2. The molecule has 2 heterocycles. The van der Waals surface area contributed by atoms with E-state index in [9.17, 15) is 28.8 Å². The third-order valence-electron chi connectivity index (χ3n) is 6.63. The van der Waals surface area contributed by atoms with Gasteiger partial charge in [0.2, 0.25) is 5.91 Å². The molecule has 2 rings (SSSR count). The van der Waals surface area contributed by atoms with E-state index >= 15 is 0 Å². The summed E-state index contributed by atoms with van der Waals surface area (Å²) in [5.74, 6) is -2.20. The lowest BCUT2D eigenvalue weighted by atomic mass is 10.0. The number of ether oxygens (including phenoxy) is 4. The largest absolute Gasteiger partial charge is 0.463 e. The van der Waals surface area contributed by atoms with E-state index in [1.54, 1.807) is 41.5 Å². The van der Waals surface area contributed by atoms with E-state index in [2.05, 4.69) is 25.6 Å². The normalized spacial score (nSPS) is 19.2. The molecular weight excluding hydrogens is 618 g/mol. The minimum absolute atomic E-state index is 0.00549. The third kappa shape index (κ3) is 13.1. The minimum Gasteiger partial charge on any atom is -0.463 e. The SMILES string of the molecule is Cc1cn([C@H]2CC(N=[N+]=[N-])C(COC(=O)CCC(NC(=O)C(CC(C)C)NC(=O)OC(C)(C)C)C(=O)OC(C)(C)C)O2)c(=O)[nH]c1=O. The summed E-state index contributed by atoms with van der Waals surface area (Å²) in [6.45, 7) is 14.9. The molecule has 0 radical (unpaired) electrons. The Morgan fingerprint density at radius 2 is 1.72 bits per heavy atom. The Labute approximate surface area is 272 Å². The van der Waals surface area contributed by atoms with Crippen LogP contribution in [0.1, 0.15) is 92.9 Å². The van der Waals surface area contributed by atoms with Gasteiger partial charge in [0.25, 0.3) is 5.56 Å². The van der Waals surface area contributed by atoms with Crippen LogP contribution in [0.2, 0.25) is 0 Å². The molecule has 1 aliphatic heterocycles. The number of nitrogens with one attached hydrogen (secondary N) is 3. The minimum atomic E-state index is -1.26. The first kappa shape index (κ1) is 38.8. The average Bonchev–Trinajstić information content (AvgIpc) is 3.31. The molecule has 1 aromatic rings. The number of nitrogens with zero attached hydrogens (tertiary/aromatic N) is 4. The Morgan fingerprint density at radius 1 is 1.09 bits per heavy atom. The molecule has 47 heavy (non-hydrogen) atoms. The van der Waals surface area contributed by atoms with Crippen LogP contribution in [0.3, 0.4) is 0 Å². The first-order valence-corrected chi connectivity index (χ1v) is 15.4. The topological polar surface area (TPSA) is 233 Å². The van der Waals surface area contributed by atoms with Gasteiger partial charge in [-0.05, 0) is 72.8 Å². The highest BCUT2D eigenvalue weighted by Crippen LogP contribution is 2.30. The molecule has 17 heteroatoms. The van der Waals surface area contributed by atoms with Crippen LogP contribution in [0.4, 0.5) is 4.79 Å². The summed E-state index contributed by atoms with van der Waals surface area (Å²) in [6, 6.07) is -3.09. The van der Waals surface area contributed by atoms with E-state index in [0.717, 1.165) is 4.57 Å². The van der Waals surface area contributed by atoms with E-state index in [4.69, 9.17) is 24.5 Å². The Balaban J connectivity index is 2.11. The monoisotopic (exact) mass is 665 g/mol. The summed E-state index contributed by atoms with van der Waals surface area (Å²) in [4.78, 5) is 80.7. The van der Waals surface area contributed by atoms with E-state index < -0.39 is 76.8 Å². The maximum absolute atomic E-state index is 13.3. The lowest BCUT2D eigenvalue weighted by Crippen LogP contribution is -2.53. The van der Waals surface area contributed by atoms with Crippen molar-refractivity contribution in [2.24, 2.45) is 11.0 Å².